The largest absolute Gasteiger partial charge is 0.416 e. The molecule has 0 N–H and O–H groups in total. The minimum Gasteiger partial charge on any atom is -0.324 e. The molecule has 9 heteroatoms. The van der Waals surface area contributed by atoms with Crippen LogP contribution in [0.5, 0.6) is 0 Å². The highest BCUT2D eigenvalue weighted by atomic mass is 79.9. The van der Waals surface area contributed by atoms with Gasteiger partial charge in [-0.2, -0.15) is 13.2 Å². The van der Waals surface area contributed by atoms with Gasteiger partial charge in [-0.05, 0) is 46.0 Å². The van der Waals surface area contributed by atoms with Gasteiger partial charge in [0.15, 0.2) is 5.78 Å². The van der Waals surface area contributed by atoms with E-state index < -0.39 is 23.7 Å². The fourth-order valence-electron chi connectivity index (χ4n) is 4.59. The monoisotopic (exact) mass is 495 g/mol. The molecule has 1 fully saturated rings. The van der Waals surface area contributed by atoms with Crippen molar-refractivity contribution in [2.45, 2.75) is 57.3 Å². The summed E-state index contributed by atoms with van der Waals surface area (Å²) in [4.78, 5) is 35.9. The maximum Gasteiger partial charge on any atom is 0.416 e. The lowest BCUT2D eigenvalue weighted by Crippen LogP contribution is -2.43. The van der Waals surface area contributed by atoms with Gasteiger partial charge in [-0.15, -0.1) is 0 Å². The average Bonchev–Trinajstić information content (AvgIpc) is 3.35. The van der Waals surface area contributed by atoms with Crippen LogP contribution in [0.1, 0.15) is 59.3 Å². The van der Waals surface area contributed by atoms with E-state index in [4.69, 9.17) is 0 Å². The van der Waals surface area contributed by atoms with Gasteiger partial charge in [0.2, 0.25) is 0 Å². The van der Waals surface area contributed by atoms with E-state index in [0.29, 0.717) is 16.7 Å². The Bertz CT molecular complexity index is 988. The highest BCUT2D eigenvalue weighted by molar-refractivity contribution is 9.10. The molecule has 2 aromatic rings. The number of ketones is 1. The Kier molecular flexibility index (Phi) is 6.14. The average molecular weight is 496 g/mol. The first-order chi connectivity index (χ1) is 14.7. The minimum absolute atomic E-state index is 0.0239. The minimum atomic E-state index is -4.56. The molecule has 1 aromatic heterocycles. The first-order valence-corrected chi connectivity index (χ1v) is 11.0. The Morgan fingerprint density at radius 2 is 1.94 bits per heavy atom. The molecule has 0 spiro atoms. The summed E-state index contributed by atoms with van der Waals surface area (Å²) in [6.45, 7) is -0.209. The van der Waals surface area contributed by atoms with Crippen LogP contribution in [0.2, 0.25) is 0 Å². The number of hydrogen-bond acceptors (Lipinski definition) is 4. The van der Waals surface area contributed by atoms with Crippen molar-refractivity contribution in [3.05, 3.63) is 57.6 Å². The summed E-state index contributed by atoms with van der Waals surface area (Å²) in [6.07, 6.45) is 2.91. The number of nitrogens with zero attached hydrogens (tertiary/aromatic N) is 3. The number of carbonyl (C=O) groups excluding carboxylic acids is 2. The smallest absolute Gasteiger partial charge is 0.324 e. The molecule has 1 amide bonds. The van der Waals surface area contributed by atoms with E-state index in [0.717, 1.165) is 31.7 Å². The van der Waals surface area contributed by atoms with Gasteiger partial charge in [0.05, 0.1) is 36.1 Å². The van der Waals surface area contributed by atoms with Gasteiger partial charge < -0.3 is 4.90 Å². The number of benzene rings is 1. The zero-order valence-electron chi connectivity index (χ0n) is 16.7. The predicted molar refractivity (Wildman–Crippen MR) is 110 cm³/mol. The fraction of sp³-hybridized carbons (Fsp3) is 0.455. The quantitative estimate of drug-likeness (QED) is 0.567. The topological polar surface area (TPSA) is 63.2 Å². The third-order valence-electron chi connectivity index (χ3n) is 6.11. The van der Waals surface area contributed by atoms with Crippen molar-refractivity contribution in [3.8, 4) is 0 Å². The number of rotatable bonds is 6. The predicted octanol–water partition coefficient (Wildman–Crippen LogP) is 4.97. The highest BCUT2D eigenvalue weighted by Gasteiger charge is 2.43. The number of Topliss-reactive ketones (excluding diaryl/α,β-unsaturated/α-hetero) is 1. The molecular weight excluding hydrogens is 475 g/mol. The molecule has 1 aliphatic heterocycles. The second-order valence-electron chi connectivity index (χ2n) is 8.14. The molecule has 164 valence electrons. The molecule has 0 unspecified atom stereocenters. The van der Waals surface area contributed by atoms with E-state index in [1.807, 2.05) is 0 Å². The van der Waals surface area contributed by atoms with Crippen LogP contribution in [-0.2, 0) is 23.9 Å². The number of fused-ring (bicyclic) bond motifs is 1. The summed E-state index contributed by atoms with van der Waals surface area (Å²) in [5, 5.41) is 0. The SMILES string of the molecule is O=C(Cc1cnc(Br)cn1)[C@H](CC1CCCC1)N1Cc2c(cccc2C(F)(F)F)C1=O. The van der Waals surface area contributed by atoms with Crippen molar-refractivity contribution >= 4 is 27.6 Å². The fourth-order valence-corrected chi connectivity index (χ4v) is 4.80. The van der Waals surface area contributed by atoms with Gasteiger partial charge in [-0.3, -0.25) is 14.6 Å². The Labute approximate surface area is 186 Å². The third-order valence-corrected chi connectivity index (χ3v) is 6.52. The molecule has 1 saturated carbocycles. The Morgan fingerprint density at radius 3 is 2.58 bits per heavy atom. The van der Waals surface area contributed by atoms with Gasteiger partial charge in [-0.25, -0.2) is 4.98 Å². The number of carbonyl (C=O) groups is 2. The number of aromatic nitrogens is 2. The molecule has 1 aliphatic carbocycles. The maximum atomic E-state index is 13.5. The van der Waals surface area contributed by atoms with Crippen molar-refractivity contribution in [2.75, 3.05) is 0 Å². The van der Waals surface area contributed by atoms with E-state index in [1.165, 1.54) is 29.4 Å². The maximum absolute atomic E-state index is 13.5. The second-order valence-corrected chi connectivity index (χ2v) is 8.95. The van der Waals surface area contributed by atoms with Crippen LogP contribution >= 0.6 is 15.9 Å². The van der Waals surface area contributed by atoms with E-state index >= 15 is 0 Å². The summed E-state index contributed by atoms with van der Waals surface area (Å²) in [5.74, 6) is -0.457. The van der Waals surface area contributed by atoms with Crippen LogP contribution in [-0.4, -0.2) is 32.6 Å². The second kappa shape index (κ2) is 8.68. The first-order valence-electron chi connectivity index (χ1n) is 10.2. The normalized spacial score (nSPS) is 17.8. The summed E-state index contributed by atoms with van der Waals surface area (Å²) in [5.41, 5.74) is -0.369. The number of alkyl halides is 3. The van der Waals surface area contributed by atoms with Crippen LogP contribution < -0.4 is 0 Å². The molecule has 31 heavy (non-hydrogen) atoms. The van der Waals surface area contributed by atoms with Crippen molar-refractivity contribution in [2.24, 2.45) is 5.92 Å². The van der Waals surface area contributed by atoms with E-state index in [-0.39, 0.29) is 35.8 Å². The molecule has 1 atom stereocenters. The van der Waals surface area contributed by atoms with Crippen LogP contribution in [0.25, 0.3) is 0 Å². The van der Waals surface area contributed by atoms with Crippen molar-refractivity contribution in [3.63, 3.8) is 0 Å². The molecule has 0 bridgehead atoms. The van der Waals surface area contributed by atoms with Gasteiger partial charge in [-0.1, -0.05) is 31.7 Å². The molecule has 2 heterocycles. The lowest BCUT2D eigenvalue weighted by atomic mass is 9.93. The molecule has 1 aromatic carbocycles. The molecule has 2 aliphatic rings. The summed E-state index contributed by atoms with van der Waals surface area (Å²) >= 11 is 3.20. The zero-order chi connectivity index (χ0) is 22.2. The van der Waals surface area contributed by atoms with E-state index in [9.17, 15) is 22.8 Å². The number of hydrogen-bond donors (Lipinski definition) is 0. The zero-order valence-corrected chi connectivity index (χ0v) is 18.2. The lowest BCUT2D eigenvalue weighted by Gasteiger charge is -2.29. The van der Waals surface area contributed by atoms with Gasteiger partial charge >= 0.3 is 6.18 Å². The molecule has 5 nitrogen and oxygen atoms in total. The molecule has 0 saturated heterocycles. The standard InChI is InChI=1S/C22H21BrF3N3O2/c23-20-11-27-14(10-28-20)9-19(30)18(8-13-4-1-2-5-13)29-12-16-15(21(29)31)6-3-7-17(16)22(24,25)26/h3,6-7,10-11,13,18H,1-2,4-5,8-9,12H2/t18-/m0/s1. The third kappa shape index (κ3) is 4.66. The lowest BCUT2D eigenvalue weighted by molar-refractivity contribution is -0.138. The Balaban J connectivity index is 1.62. The van der Waals surface area contributed by atoms with Crippen molar-refractivity contribution in [1.82, 2.24) is 14.9 Å². The van der Waals surface area contributed by atoms with Gasteiger partial charge in [0.1, 0.15) is 4.60 Å². The van der Waals surface area contributed by atoms with Crippen LogP contribution in [0.3, 0.4) is 0 Å². The first kappa shape index (κ1) is 21.9. The summed E-state index contributed by atoms with van der Waals surface area (Å²) in [7, 11) is 0. The highest BCUT2D eigenvalue weighted by Crippen LogP contribution is 2.39. The molecular formula is C22H21BrF3N3O2. The Hall–Kier alpha value is -2.29. The summed E-state index contributed by atoms with van der Waals surface area (Å²) < 4.78 is 41.0. The van der Waals surface area contributed by atoms with Gasteiger partial charge in [0, 0.05) is 12.1 Å². The van der Waals surface area contributed by atoms with Gasteiger partial charge in [0.25, 0.3) is 5.91 Å². The van der Waals surface area contributed by atoms with Crippen LogP contribution in [0.4, 0.5) is 13.2 Å². The molecule has 4 rings (SSSR count). The number of amides is 1. The molecule has 0 radical (unpaired) electrons. The Morgan fingerprint density at radius 1 is 1.19 bits per heavy atom. The number of halogens is 4. The van der Waals surface area contributed by atoms with Crippen LogP contribution in [0.15, 0.2) is 35.2 Å². The van der Waals surface area contributed by atoms with Crippen molar-refractivity contribution in [1.29, 1.82) is 0 Å². The summed E-state index contributed by atoms with van der Waals surface area (Å²) in [6, 6.07) is 2.86. The van der Waals surface area contributed by atoms with Crippen molar-refractivity contribution < 1.29 is 22.8 Å². The van der Waals surface area contributed by atoms with E-state index in [2.05, 4.69) is 25.9 Å². The van der Waals surface area contributed by atoms with E-state index in [1.54, 1.807) is 0 Å². The van der Waals surface area contributed by atoms with Crippen LogP contribution in [0, 0.1) is 5.92 Å².